The maximum absolute atomic E-state index is 5.22. The van der Waals surface area contributed by atoms with Gasteiger partial charge in [-0.25, -0.2) is 0 Å². The summed E-state index contributed by atoms with van der Waals surface area (Å²) in [6.45, 7) is 0.790. The van der Waals surface area contributed by atoms with Crippen LogP contribution >= 0.6 is 0 Å². The first kappa shape index (κ1) is 17.6. The summed E-state index contributed by atoms with van der Waals surface area (Å²) >= 11 is 0. The van der Waals surface area contributed by atoms with Crippen LogP contribution in [0.5, 0.6) is 5.75 Å². The van der Waals surface area contributed by atoms with Crippen LogP contribution in [0.1, 0.15) is 12.0 Å². The largest absolute Gasteiger partial charge is 2.00 e. The molecule has 4 heteroatoms. The van der Waals surface area contributed by atoms with Gasteiger partial charge in [0, 0.05) is 19.5 Å². The van der Waals surface area contributed by atoms with Crippen LogP contribution in [0.2, 0.25) is 0 Å². The van der Waals surface area contributed by atoms with Crippen molar-refractivity contribution >= 4 is 23.1 Å². The molecule has 0 aromatic heterocycles. The van der Waals surface area contributed by atoms with Crippen LogP contribution in [0.3, 0.4) is 0 Å². The van der Waals surface area contributed by atoms with Crippen molar-refractivity contribution < 1.29 is 26.5 Å². The number of ether oxygens (including phenoxy) is 2. The zero-order valence-electron chi connectivity index (χ0n) is 9.25. The Morgan fingerprint density at radius 3 is 2.67 bits per heavy atom. The van der Waals surface area contributed by atoms with Crippen molar-refractivity contribution in [3.05, 3.63) is 29.8 Å². The quantitative estimate of drug-likeness (QED) is 0.380. The monoisotopic (exact) mass is 282 g/mol. The predicted molar refractivity (Wildman–Crippen MR) is 57.8 cm³/mol. The van der Waals surface area contributed by atoms with E-state index < -0.39 is 0 Å². The van der Waals surface area contributed by atoms with E-state index in [2.05, 4.69) is 6.07 Å². The topological polar surface area (TPSA) is 18.5 Å². The van der Waals surface area contributed by atoms with Crippen LogP contribution < -0.4 is 21.7 Å². The molecule has 0 spiro atoms. The number of benzene rings is 1. The van der Waals surface area contributed by atoms with E-state index in [0.29, 0.717) is 0 Å². The molecular formula is C11H15BrMgO2. The number of hydrogen-bond donors (Lipinski definition) is 0. The molecule has 0 radical (unpaired) electrons. The molecule has 0 unspecified atom stereocenters. The number of halogens is 1. The predicted octanol–water partition coefficient (Wildman–Crippen LogP) is -1.30. The summed E-state index contributed by atoms with van der Waals surface area (Å²) < 4.78 is 10.2. The van der Waals surface area contributed by atoms with E-state index in [9.17, 15) is 0 Å². The Kier molecular flexibility index (Phi) is 12.6. The van der Waals surface area contributed by atoms with Crippen molar-refractivity contribution in [3.8, 4) is 5.75 Å². The molecule has 0 heterocycles. The first-order valence-corrected chi connectivity index (χ1v) is 4.40. The van der Waals surface area contributed by atoms with Gasteiger partial charge in [0.15, 0.2) is 0 Å². The smallest absolute Gasteiger partial charge is 1.00 e. The summed E-state index contributed by atoms with van der Waals surface area (Å²) in [4.78, 5) is 0. The van der Waals surface area contributed by atoms with Gasteiger partial charge >= 0.3 is 23.1 Å². The van der Waals surface area contributed by atoms with Crippen LogP contribution in [0.15, 0.2) is 18.2 Å². The fourth-order valence-electron chi connectivity index (χ4n) is 1.25. The zero-order valence-corrected chi connectivity index (χ0v) is 12.3. The van der Waals surface area contributed by atoms with E-state index in [-0.39, 0.29) is 40.0 Å². The SMILES string of the molecule is COCCCc1c[c-]ccc1OC.[Br-].[Mg+2]. The molecule has 0 saturated heterocycles. The summed E-state index contributed by atoms with van der Waals surface area (Å²) in [6.07, 6.45) is 2.00. The van der Waals surface area contributed by atoms with Gasteiger partial charge < -0.3 is 26.5 Å². The summed E-state index contributed by atoms with van der Waals surface area (Å²) in [7, 11) is 3.41. The summed E-state index contributed by atoms with van der Waals surface area (Å²) in [5.41, 5.74) is 1.20. The van der Waals surface area contributed by atoms with Gasteiger partial charge in [0.25, 0.3) is 0 Å². The molecule has 0 N–H and O–H groups in total. The Balaban J connectivity index is 0. The fraction of sp³-hybridized carbons (Fsp3) is 0.455. The Morgan fingerprint density at radius 1 is 1.33 bits per heavy atom. The molecule has 0 aliphatic heterocycles. The first-order chi connectivity index (χ1) is 6.38. The molecule has 1 aromatic rings. The molecule has 1 aromatic carbocycles. The molecule has 0 atom stereocenters. The molecule has 15 heavy (non-hydrogen) atoms. The number of rotatable bonds is 5. The third-order valence-electron chi connectivity index (χ3n) is 1.92. The van der Waals surface area contributed by atoms with E-state index >= 15 is 0 Å². The van der Waals surface area contributed by atoms with Gasteiger partial charge in [-0.1, -0.05) is 6.42 Å². The van der Waals surface area contributed by atoms with Gasteiger partial charge in [0.1, 0.15) is 0 Å². The van der Waals surface area contributed by atoms with Gasteiger partial charge in [-0.15, -0.1) is 11.6 Å². The zero-order chi connectivity index (χ0) is 9.52. The van der Waals surface area contributed by atoms with Gasteiger partial charge in [0.05, 0.1) is 7.11 Å². The van der Waals surface area contributed by atoms with Crippen LogP contribution in [-0.2, 0) is 11.2 Å². The Hall–Kier alpha value is 0.226. The molecule has 0 fully saturated rings. The van der Waals surface area contributed by atoms with Crippen LogP contribution in [0.4, 0.5) is 0 Å². The summed E-state index contributed by atoms with van der Waals surface area (Å²) in [5, 5.41) is 0. The molecule has 0 saturated carbocycles. The second kappa shape index (κ2) is 10.7. The second-order valence-corrected chi connectivity index (χ2v) is 2.83. The van der Waals surface area contributed by atoms with Crippen LogP contribution in [0.25, 0.3) is 0 Å². The van der Waals surface area contributed by atoms with Crippen molar-refractivity contribution in [2.75, 3.05) is 20.8 Å². The van der Waals surface area contributed by atoms with Crippen molar-refractivity contribution in [2.45, 2.75) is 12.8 Å². The average molecular weight is 283 g/mol. The fourth-order valence-corrected chi connectivity index (χ4v) is 1.25. The van der Waals surface area contributed by atoms with E-state index in [1.807, 2.05) is 18.2 Å². The molecule has 0 amide bonds. The van der Waals surface area contributed by atoms with E-state index in [1.165, 1.54) is 5.56 Å². The minimum atomic E-state index is 0. The molecule has 0 aliphatic carbocycles. The third-order valence-corrected chi connectivity index (χ3v) is 1.92. The number of hydrogen-bond acceptors (Lipinski definition) is 2. The number of aryl methyl sites for hydroxylation is 1. The van der Waals surface area contributed by atoms with Crippen molar-refractivity contribution in [1.82, 2.24) is 0 Å². The maximum Gasteiger partial charge on any atom is 2.00 e. The minimum absolute atomic E-state index is 0. The van der Waals surface area contributed by atoms with Crippen molar-refractivity contribution in [1.29, 1.82) is 0 Å². The standard InChI is InChI=1S/C11H15O2.BrH.Mg/c1-12-9-5-7-10-6-3-4-8-11(10)13-2;;/h4,6,8H,5,7,9H2,1-2H3;1H;/q-1;;+2/p-1. The maximum atomic E-state index is 5.22. The van der Waals surface area contributed by atoms with Crippen LogP contribution in [0, 0.1) is 6.07 Å². The average Bonchev–Trinajstić information content (AvgIpc) is 2.19. The summed E-state index contributed by atoms with van der Waals surface area (Å²) in [6, 6.07) is 8.80. The Morgan fingerprint density at radius 2 is 2.07 bits per heavy atom. The molecule has 80 valence electrons. The summed E-state index contributed by atoms with van der Waals surface area (Å²) in [5.74, 6) is 0.940. The van der Waals surface area contributed by atoms with E-state index in [4.69, 9.17) is 9.47 Å². The second-order valence-electron chi connectivity index (χ2n) is 2.83. The molecule has 0 bridgehead atoms. The molecular weight excluding hydrogens is 268 g/mol. The van der Waals surface area contributed by atoms with E-state index in [0.717, 1.165) is 25.2 Å². The normalized spacial score (nSPS) is 8.67. The van der Waals surface area contributed by atoms with Gasteiger partial charge in [-0.05, 0) is 6.42 Å². The van der Waals surface area contributed by atoms with Crippen molar-refractivity contribution in [3.63, 3.8) is 0 Å². The van der Waals surface area contributed by atoms with Gasteiger partial charge in [-0.2, -0.15) is 18.2 Å². The minimum Gasteiger partial charge on any atom is -1.00 e. The Labute approximate surface area is 118 Å². The van der Waals surface area contributed by atoms with Crippen LogP contribution in [-0.4, -0.2) is 43.9 Å². The van der Waals surface area contributed by atoms with Gasteiger partial charge in [-0.3, -0.25) is 0 Å². The molecule has 0 aliphatic rings. The molecule has 2 nitrogen and oxygen atoms in total. The van der Waals surface area contributed by atoms with Gasteiger partial charge in [0.2, 0.25) is 0 Å². The first-order valence-electron chi connectivity index (χ1n) is 4.40. The number of methoxy groups -OCH3 is 2. The van der Waals surface area contributed by atoms with Crippen molar-refractivity contribution in [2.24, 2.45) is 0 Å². The van der Waals surface area contributed by atoms with E-state index in [1.54, 1.807) is 14.2 Å². The third kappa shape index (κ3) is 6.40. The Bertz CT molecular complexity index is 256. The molecule has 1 rings (SSSR count).